The highest BCUT2D eigenvalue weighted by molar-refractivity contribution is 5.74. The smallest absolute Gasteiger partial charge is 0.243 e. The Balaban J connectivity index is 1.93. The molecule has 2 aromatic carbocycles. The van der Waals surface area contributed by atoms with Crippen LogP contribution in [0.15, 0.2) is 48.7 Å². The van der Waals surface area contributed by atoms with Crippen molar-refractivity contribution in [2.24, 2.45) is 0 Å². The van der Waals surface area contributed by atoms with Gasteiger partial charge in [-0.1, -0.05) is 25.1 Å². The Labute approximate surface area is 157 Å². The van der Waals surface area contributed by atoms with Crippen molar-refractivity contribution in [2.45, 2.75) is 19.4 Å². The van der Waals surface area contributed by atoms with Gasteiger partial charge in [-0.25, -0.2) is 9.37 Å². The van der Waals surface area contributed by atoms with E-state index >= 15 is 0 Å². The zero-order valence-electron chi connectivity index (χ0n) is 15.4. The van der Waals surface area contributed by atoms with E-state index in [-0.39, 0.29) is 11.9 Å². The van der Waals surface area contributed by atoms with E-state index in [9.17, 15) is 4.39 Å². The minimum atomic E-state index is -0.267. The first kappa shape index (κ1) is 18.6. The molecule has 1 atom stereocenters. The lowest BCUT2D eigenvalue weighted by atomic mass is 10.0. The maximum absolute atomic E-state index is 13.2. The summed E-state index contributed by atoms with van der Waals surface area (Å²) in [4.78, 5) is 4.57. The third kappa shape index (κ3) is 4.13. The van der Waals surface area contributed by atoms with Crippen LogP contribution in [0.3, 0.4) is 0 Å². The van der Waals surface area contributed by atoms with Crippen LogP contribution in [0, 0.1) is 5.82 Å². The van der Waals surface area contributed by atoms with E-state index in [0.717, 1.165) is 12.0 Å². The number of hydrogen-bond donors (Lipinski definition) is 1. The standard InChI is InChI=1S/C20H21FN4O2/c1-4-15(13-8-10-14(21)11-9-13)23-20-24-16(12-22-25-20)19-17(26-2)6-5-7-18(19)27-3/h5-12,15H,4H2,1-3H3,(H,23,24,25). The first-order chi connectivity index (χ1) is 13.2. The summed E-state index contributed by atoms with van der Waals surface area (Å²) in [7, 11) is 3.18. The first-order valence-corrected chi connectivity index (χ1v) is 8.59. The predicted octanol–water partition coefficient (Wildman–Crippen LogP) is 4.26. The molecule has 1 heterocycles. The predicted molar refractivity (Wildman–Crippen MR) is 101 cm³/mol. The maximum Gasteiger partial charge on any atom is 0.243 e. The lowest BCUT2D eigenvalue weighted by Gasteiger charge is -2.18. The maximum atomic E-state index is 13.2. The van der Waals surface area contributed by atoms with Crippen LogP contribution in [0.1, 0.15) is 24.9 Å². The van der Waals surface area contributed by atoms with Crippen LogP contribution in [0.5, 0.6) is 11.5 Å². The van der Waals surface area contributed by atoms with Gasteiger partial charge in [0.1, 0.15) is 23.0 Å². The number of hydrogen-bond acceptors (Lipinski definition) is 6. The lowest BCUT2D eigenvalue weighted by Crippen LogP contribution is -2.13. The van der Waals surface area contributed by atoms with Crippen LogP contribution in [0.25, 0.3) is 11.3 Å². The summed E-state index contributed by atoms with van der Waals surface area (Å²) in [6.45, 7) is 2.03. The number of nitrogens with zero attached hydrogens (tertiary/aromatic N) is 3. The minimum Gasteiger partial charge on any atom is -0.496 e. The van der Waals surface area contributed by atoms with Gasteiger partial charge in [0.05, 0.1) is 32.0 Å². The largest absolute Gasteiger partial charge is 0.496 e. The lowest BCUT2D eigenvalue weighted by molar-refractivity contribution is 0.397. The Hall–Kier alpha value is -3.22. The number of halogens is 1. The van der Waals surface area contributed by atoms with Gasteiger partial charge in [-0.05, 0) is 36.2 Å². The van der Waals surface area contributed by atoms with E-state index in [4.69, 9.17) is 9.47 Å². The van der Waals surface area contributed by atoms with Crippen LogP contribution >= 0.6 is 0 Å². The van der Waals surface area contributed by atoms with Gasteiger partial charge in [0.25, 0.3) is 0 Å². The monoisotopic (exact) mass is 368 g/mol. The Morgan fingerprint density at radius 1 is 1.04 bits per heavy atom. The van der Waals surface area contributed by atoms with E-state index in [2.05, 4.69) is 20.5 Å². The van der Waals surface area contributed by atoms with Gasteiger partial charge in [-0.3, -0.25) is 0 Å². The third-order valence-electron chi connectivity index (χ3n) is 4.23. The molecule has 0 spiro atoms. The number of nitrogens with one attached hydrogen (secondary N) is 1. The zero-order valence-corrected chi connectivity index (χ0v) is 15.4. The van der Waals surface area contributed by atoms with Crippen molar-refractivity contribution in [1.29, 1.82) is 0 Å². The Morgan fingerprint density at radius 3 is 2.30 bits per heavy atom. The molecular weight excluding hydrogens is 347 g/mol. The molecule has 0 fully saturated rings. The molecule has 27 heavy (non-hydrogen) atoms. The van der Waals surface area contributed by atoms with Crippen molar-refractivity contribution < 1.29 is 13.9 Å². The fourth-order valence-electron chi connectivity index (χ4n) is 2.86. The van der Waals surface area contributed by atoms with Crippen molar-refractivity contribution in [3.05, 3.63) is 60.0 Å². The average Bonchev–Trinajstić information content (AvgIpc) is 2.72. The molecule has 1 aromatic heterocycles. The summed E-state index contributed by atoms with van der Waals surface area (Å²) in [5.74, 6) is 1.37. The van der Waals surface area contributed by atoms with E-state index in [1.165, 1.54) is 12.1 Å². The second-order valence-corrected chi connectivity index (χ2v) is 5.86. The van der Waals surface area contributed by atoms with Crippen molar-refractivity contribution in [1.82, 2.24) is 15.2 Å². The van der Waals surface area contributed by atoms with Gasteiger partial charge in [-0.2, -0.15) is 5.10 Å². The molecule has 0 aliphatic rings. The minimum absolute atomic E-state index is 0.0674. The SMILES string of the molecule is CCC(Nc1nncc(-c2c(OC)cccc2OC)n1)c1ccc(F)cc1. The molecule has 0 aliphatic heterocycles. The molecule has 1 unspecified atom stereocenters. The topological polar surface area (TPSA) is 69.2 Å². The molecule has 0 amide bonds. The van der Waals surface area contributed by atoms with Crippen molar-refractivity contribution in [2.75, 3.05) is 19.5 Å². The highest BCUT2D eigenvalue weighted by Crippen LogP contribution is 2.37. The van der Waals surface area contributed by atoms with E-state index in [0.29, 0.717) is 28.7 Å². The molecule has 0 radical (unpaired) electrons. The van der Waals surface area contributed by atoms with Crippen LogP contribution in [0.2, 0.25) is 0 Å². The second kappa shape index (κ2) is 8.44. The highest BCUT2D eigenvalue weighted by Gasteiger charge is 2.17. The van der Waals surface area contributed by atoms with Crippen molar-refractivity contribution >= 4 is 5.95 Å². The first-order valence-electron chi connectivity index (χ1n) is 8.59. The number of ether oxygens (including phenoxy) is 2. The Kier molecular flexibility index (Phi) is 5.80. The highest BCUT2D eigenvalue weighted by atomic mass is 19.1. The molecule has 140 valence electrons. The molecule has 3 aromatic rings. The molecule has 1 N–H and O–H groups in total. The van der Waals surface area contributed by atoms with E-state index in [1.807, 2.05) is 25.1 Å². The third-order valence-corrected chi connectivity index (χ3v) is 4.23. The summed E-state index contributed by atoms with van der Waals surface area (Å²) >= 11 is 0. The summed E-state index contributed by atoms with van der Waals surface area (Å²) in [5, 5.41) is 11.4. The molecule has 3 rings (SSSR count). The Bertz CT molecular complexity index is 880. The number of rotatable bonds is 7. The molecule has 6 nitrogen and oxygen atoms in total. The zero-order chi connectivity index (χ0) is 19.2. The van der Waals surface area contributed by atoms with Crippen LogP contribution in [0.4, 0.5) is 10.3 Å². The van der Waals surface area contributed by atoms with Crippen molar-refractivity contribution in [3.8, 4) is 22.8 Å². The second-order valence-electron chi connectivity index (χ2n) is 5.86. The number of methoxy groups -OCH3 is 2. The number of aromatic nitrogens is 3. The Morgan fingerprint density at radius 2 is 1.70 bits per heavy atom. The summed E-state index contributed by atoms with van der Waals surface area (Å²) in [5.41, 5.74) is 2.23. The van der Waals surface area contributed by atoms with Gasteiger partial charge in [0.15, 0.2) is 0 Å². The quantitative estimate of drug-likeness (QED) is 0.672. The van der Waals surface area contributed by atoms with Gasteiger partial charge >= 0.3 is 0 Å². The molecule has 0 bridgehead atoms. The molecule has 0 saturated heterocycles. The van der Waals surface area contributed by atoms with Crippen LogP contribution < -0.4 is 14.8 Å². The fraction of sp³-hybridized carbons (Fsp3) is 0.250. The number of benzene rings is 2. The van der Waals surface area contributed by atoms with Crippen LogP contribution in [-0.2, 0) is 0 Å². The average molecular weight is 368 g/mol. The van der Waals surface area contributed by atoms with Gasteiger partial charge in [0.2, 0.25) is 5.95 Å². The fourth-order valence-corrected chi connectivity index (χ4v) is 2.86. The normalized spacial score (nSPS) is 11.7. The van der Waals surface area contributed by atoms with Gasteiger partial charge in [0, 0.05) is 0 Å². The molecule has 0 saturated carbocycles. The van der Waals surface area contributed by atoms with Crippen molar-refractivity contribution in [3.63, 3.8) is 0 Å². The van der Waals surface area contributed by atoms with E-state index < -0.39 is 0 Å². The van der Waals surface area contributed by atoms with Crippen LogP contribution in [-0.4, -0.2) is 29.4 Å². The van der Waals surface area contributed by atoms with E-state index in [1.54, 1.807) is 32.5 Å². The molecule has 0 aliphatic carbocycles. The summed E-state index contributed by atoms with van der Waals surface area (Å²) in [6.07, 6.45) is 2.33. The summed E-state index contributed by atoms with van der Waals surface area (Å²) < 4.78 is 24.1. The summed E-state index contributed by atoms with van der Waals surface area (Å²) in [6, 6.07) is 11.8. The van der Waals surface area contributed by atoms with Gasteiger partial charge in [-0.15, -0.1) is 5.10 Å². The molecule has 7 heteroatoms. The number of anilines is 1. The van der Waals surface area contributed by atoms with Gasteiger partial charge < -0.3 is 14.8 Å². The molecular formula is C20H21FN4O2.